The molecule has 0 aromatic heterocycles. The van der Waals surface area contributed by atoms with Crippen molar-refractivity contribution in [2.24, 2.45) is 5.92 Å². The van der Waals surface area contributed by atoms with Crippen LogP contribution in [0.1, 0.15) is 18.9 Å². The Balaban J connectivity index is 1.53. The van der Waals surface area contributed by atoms with E-state index < -0.39 is 24.4 Å². The molecule has 0 spiro atoms. The van der Waals surface area contributed by atoms with Crippen LogP contribution < -0.4 is 15.0 Å². The van der Waals surface area contributed by atoms with Crippen LogP contribution in [0.3, 0.4) is 0 Å². The number of esters is 1. The van der Waals surface area contributed by atoms with Crippen molar-refractivity contribution < 1.29 is 23.9 Å². The molecule has 1 N–H and O–H groups in total. The monoisotopic (exact) mass is 430 g/mol. The van der Waals surface area contributed by atoms with Gasteiger partial charge < -0.3 is 19.7 Å². The second-order valence-electron chi connectivity index (χ2n) is 6.90. The summed E-state index contributed by atoms with van der Waals surface area (Å²) in [5.74, 6) is -1.12. The van der Waals surface area contributed by atoms with Crippen molar-refractivity contribution in [1.29, 1.82) is 0 Å². The van der Waals surface area contributed by atoms with Gasteiger partial charge in [0.25, 0.3) is 5.91 Å². The zero-order valence-corrected chi connectivity index (χ0v) is 17.6. The Bertz CT molecular complexity index is 945. The number of amides is 2. The lowest BCUT2D eigenvalue weighted by atomic mass is 10.1. The Kier molecular flexibility index (Phi) is 6.95. The quantitative estimate of drug-likeness (QED) is 0.678. The molecule has 1 aliphatic rings. The van der Waals surface area contributed by atoms with Crippen LogP contribution >= 0.6 is 11.6 Å². The van der Waals surface area contributed by atoms with Gasteiger partial charge in [-0.15, -0.1) is 0 Å². The third-order valence-corrected chi connectivity index (χ3v) is 5.21. The van der Waals surface area contributed by atoms with Gasteiger partial charge in [-0.2, -0.15) is 0 Å². The fraction of sp³-hybridized carbons (Fsp3) is 0.318. The Morgan fingerprint density at radius 1 is 1.20 bits per heavy atom. The smallest absolute Gasteiger partial charge is 0.311 e. The van der Waals surface area contributed by atoms with Gasteiger partial charge in [0.1, 0.15) is 5.75 Å². The molecule has 0 bridgehead atoms. The first-order valence-electron chi connectivity index (χ1n) is 9.64. The number of anilines is 2. The van der Waals surface area contributed by atoms with E-state index in [1.165, 1.54) is 4.90 Å². The topological polar surface area (TPSA) is 84.9 Å². The van der Waals surface area contributed by atoms with Crippen LogP contribution in [0, 0.1) is 12.8 Å². The molecule has 7 nitrogen and oxygen atoms in total. The van der Waals surface area contributed by atoms with Gasteiger partial charge in [0.05, 0.1) is 12.5 Å². The molecular formula is C22H23ClN2O5. The lowest BCUT2D eigenvalue weighted by Crippen LogP contribution is -2.28. The highest BCUT2D eigenvalue weighted by Gasteiger charge is 2.36. The molecule has 2 aromatic carbocycles. The lowest BCUT2D eigenvalue weighted by molar-refractivity contribution is -0.151. The number of carbonyl (C=O) groups is 3. The summed E-state index contributed by atoms with van der Waals surface area (Å²) in [4.78, 5) is 38.4. The molecule has 30 heavy (non-hydrogen) atoms. The van der Waals surface area contributed by atoms with E-state index in [9.17, 15) is 14.4 Å². The molecule has 0 unspecified atom stereocenters. The van der Waals surface area contributed by atoms with Crippen LogP contribution in [0.15, 0.2) is 42.5 Å². The zero-order valence-electron chi connectivity index (χ0n) is 16.8. The van der Waals surface area contributed by atoms with E-state index in [2.05, 4.69) is 5.32 Å². The van der Waals surface area contributed by atoms with Crippen molar-refractivity contribution in [2.75, 3.05) is 30.0 Å². The third kappa shape index (κ3) is 5.10. The van der Waals surface area contributed by atoms with Crippen molar-refractivity contribution >= 4 is 40.8 Å². The average Bonchev–Trinajstić information content (AvgIpc) is 3.12. The highest BCUT2D eigenvalue weighted by molar-refractivity contribution is 6.31. The van der Waals surface area contributed by atoms with Gasteiger partial charge in [0.15, 0.2) is 6.61 Å². The van der Waals surface area contributed by atoms with Crippen molar-refractivity contribution in [1.82, 2.24) is 0 Å². The first-order valence-corrected chi connectivity index (χ1v) is 10.0. The lowest BCUT2D eigenvalue weighted by Gasteiger charge is -2.17. The second-order valence-corrected chi connectivity index (χ2v) is 7.31. The van der Waals surface area contributed by atoms with Gasteiger partial charge in [0, 0.05) is 29.4 Å². The van der Waals surface area contributed by atoms with Gasteiger partial charge >= 0.3 is 5.97 Å². The van der Waals surface area contributed by atoms with Crippen LogP contribution in [-0.4, -0.2) is 37.5 Å². The number of carbonyl (C=O) groups excluding carboxylic acids is 3. The maximum Gasteiger partial charge on any atom is 0.311 e. The second kappa shape index (κ2) is 9.63. The van der Waals surface area contributed by atoms with E-state index in [1.54, 1.807) is 49.4 Å². The molecule has 2 amide bonds. The number of hydrogen-bond acceptors (Lipinski definition) is 5. The Hall–Kier alpha value is -3.06. The van der Waals surface area contributed by atoms with E-state index in [1.807, 2.05) is 6.92 Å². The summed E-state index contributed by atoms with van der Waals surface area (Å²) in [5.41, 5.74) is 1.97. The molecule has 1 fully saturated rings. The van der Waals surface area contributed by atoms with Crippen LogP contribution in [0.25, 0.3) is 0 Å². The average molecular weight is 431 g/mol. The minimum atomic E-state index is -0.621. The standard InChI is InChI=1S/C22H23ClN2O5/c1-3-29-17-9-7-16(8-10-17)25-12-15(11-21(25)27)22(28)30-13-20(26)24-19-6-4-5-18(23)14(19)2/h4-10,15H,3,11-13H2,1-2H3,(H,24,26)/t15-/m0/s1. The normalized spacial score (nSPS) is 15.8. The Morgan fingerprint density at radius 3 is 2.63 bits per heavy atom. The predicted molar refractivity (Wildman–Crippen MR) is 114 cm³/mol. The van der Waals surface area contributed by atoms with Gasteiger partial charge in [-0.1, -0.05) is 17.7 Å². The number of nitrogens with zero attached hydrogens (tertiary/aromatic N) is 1. The summed E-state index contributed by atoms with van der Waals surface area (Å²) in [6, 6.07) is 12.3. The first-order chi connectivity index (χ1) is 14.4. The molecule has 0 aliphatic carbocycles. The summed E-state index contributed by atoms with van der Waals surface area (Å²) in [7, 11) is 0. The molecule has 1 heterocycles. The van der Waals surface area contributed by atoms with Gasteiger partial charge in [-0.25, -0.2) is 0 Å². The van der Waals surface area contributed by atoms with E-state index in [0.717, 1.165) is 5.56 Å². The van der Waals surface area contributed by atoms with Crippen molar-refractivity contribution in [2.45, 2.75) is 20.3 Å². The third-order valence-electron chi connectivity index (χ3n) is 4.81. The molecule has 1 atom stereocenters. The fourth-order valence-corrected chi connectivity index (χ4v) is 3.36. The zero-order chi connectivity index (χ0) is 21.7. The fourth-order valence-electron chi connectivity index (χ4n) is 3.19. The van der Waals surface area contributed by atoms with Gasteiger partial charge in [-0.3, -0.25) is 14.4 Å². The first kappa shape index (κ1) is 21.6. The van der Waals surface area contributed by atoms with E-state index in [-0.39, 0.29) is 18.9 Å². The number of nitrogens with one attached hydrogen (secondary N) is 1. The number of ether oxygens (including phenoxy) is 2. The summed E-state index contributed by atoms with van der Waals surface area (Å²) in [5, 5.41) is 3.20. The maximum atomic E-state index is 12.4. The van der Waals surface area contributed by atoms with E-state index >= 15 is 0 Å². The van der Waals surface area contributed by atoms with Crippen molar-refractivity contribution in [3.63, 3.8) is 0 Å². The van der Waals surface area contributed by atoms with E-state index in [0.29, 0.717) is 28.8 Å². The maximum absolute atomic E-state index is 12.4. The summed E-state index contributed by atoms with van der Waals surface area (Å²) >= 11 is 6.03. The van der Waals surface area contributed by atoms with Crippen LogP contribution in [0.2, 0.25) is 5.02 Å². The van der Waals surface area contributed by atoms with Crippen LogP contribution in [0.5, 0.6) is 5.75 Å². The van der Waals surface area contributed by atoms with Crippen LogP contribution in [-0.2, 0) is 19.1 Å². The number of benzene rings is 2. The predicted octanol–water partition coefficient (Wildman–Crippen LogP) is 3.58. The molecular weight excluding hydrogens is 408 g/mol. The molecule has 3 rings (SSSR count). The number of rotatable bonds is 7. The summed E-state index contributed by atoms with van der Waals surface area (Å²) in [6.07, 6.45) is 0.0427. The molecule has 1 saturated heterocycles. The SMILES string of the molecule is CCOc1ccc(N2C[C@@H](C(=O)OCC(=O)Nc3cccc(Cl)c3C)CC2=O)cc1. The molecule has 2 aromatic rings. The Morgan fingerprint density at radius 2 is 1.93 bits per heavy atom. The van der Waals surface area contributed by atoms with E-state index in [4.69, 9.17) is 21.1 Å². The number of halogens is 1. The molecule has 8 heteroatoms. The summed E-state index contributed by atoms with van der Waals surface area (Å²) < 4.78 is 10.5. The van der Waals surface area contributed by atoms with Crippen molar-refractivity contribution in [3.8, 4) is 5.75 Å². The van der Waals surface area contributed by atoms with Crippen molar-refractivity contribution in [3.05, 3.63) is 53.1 Å². The molecule has 0 radical (unpaired) electrons. The Labute approximate surface area is 179 Å². The molecule has 158 valence electrons. The highest BCUT2D eigenvalue weighted by atomic mass is 35.5. The minimum absolute atomic E-state index is 0.0427. The molecule has 1 aliphatic heterocycles. The number of hydrogen-bond donors (Lipinski definition) is 1. The van der Waals surface area contributed by atoms with Crippen LogP contribution in [0.4, 0.5) is 11.4 Å². The highest BCUT2D eigenvalue weighted by Crippen LogP contribution is 2.27. The molecule has 0 saturated carbocycles. The summed E-state index contributed by atoms with van der Waals surface area (Å²) in [6.45, 7) is 4.01. The van der Waals surface area contributed by atoms with Gasteiger partial charge in [0.2, 0.25) is 5.91 Å². The minimum Gasteiger partial charge on any atom is -0.494 e. The largest absolute Gasteiger partial charge is 0.494 e. The van der Waals surface area contributed by atoms with Gasteiger partial charge in [-0.05, 0) is 55.8 Å².